The predicted molar refractivity (Wildman–Crippen MR) is 66.0 cm³/mol. The van der Waals surface area contributed by atoms with E-state index in [-0.39, 0.29) is 11.9 Å². The first kappa shape index (κ1) is 12.2. The minimum absolute atomic E-state index is 0.0460. The third-order valence-corrected chi connectivity index (χ3v) is 3.56. The van der Waals surface area contributed by atoms with Crippen molar-refractivity contribution in [2.75, 3.05) is 13.2 Å². The first-order chi connectivity index (χ1) is 9.25. The third kappa shape index (κ3) is 2.34. The summed E-state index contributed by atoms with van der Waals surface area (Å²) in [5.74, 6) is 1.19. The first-order valence-electron chi connectivity index (χ1n) is 6.67. The molecule has 1 aromatic heterocycles. The standard InChI is InChI=1S/C13H17N3O3/c1-9-14-12(15-19-9)11-5-2-6-16(11)13(17)10-4-3-7-18-8-10/h8,11H,2-7H2,1H3. The Morgan fingerprint density at radius 1 is 1.47 bits per heavy atom. The zero-order valence-electron chi connectivity index (χ0n) is 11.0. The molecule has 1 saturated heterocycles. The Bertz CT molecular complexity index is 509. The van der Waals surface area contributed by atoms with Gasteiger partial charge < -0.3 is 14.2 Å². The molecular weight excluding hydrogens is 246 g/mol. The van der Waals surface area contributed by atoms with Crippen LogP contribution in [0, 0.1) is 6.92 Å². The fourth-order valence-corrected chi connectivity index (χ4v) is 2.63. The molecule has 102 valence electrons. The lowest BCUT2D eigenvalue weighted by Crippen LogP contribution is -2.33. The van der Waals surface area contributed by atoms with Crippen LogP contribution >= 0.6 is 0 Å². The van der Waals surface area contributed by atoms with Crippen molar-refractivity contribution in [1.29, 1.82) is 0 Å². The first-order valence-corrected chi connectivity index (χ1v) is 6.67. The monoisotopic (exact) mass is 263 g/mol. The fraction of sp³-hybridized carbons (Fsp3) is 0.615. The van der Waals surface area contributed by atoms with Crippen LogP contribution in [0.3, 0.4) is 0 Å². The van der Waals surface area contributed by atoms with Crippen molar-refractivity contribution in [3.8, 4) is 0 Å². The van der Waals surface area contributed by atoms with Gasteiger partial charge in [0.25, 0.3) is 5.91 Å². The Kier molecular flexibility index (Phi) is 3.23. The quantitative estimate of drug-likeness (QED) is 0.813. The van der Waals surface area contributed by atoms with Gasteiger partial charge in [-0.1, -0.05) is 5.16 Å². The largest absolute Gasteiger partial charge is 0.501 e. The molecule has 0 spiro atoms. The maximum atomic E-state index is 12.5. The molecule has 6 heteroatoms. The summed E-state index contributed by atoms with van der Waals surface area (Å²) in [5, 5.41) is 3.94. The molecule has 0 aromatic carbocycles. The minimum Gasteiger partial charge on any atom is -0.501 e. The van der Waals surface area contributed by atoms with E-state index in [4.69, 9.17) is 9.26 Å². The van der Waals surface area contributed by atoms with E-state index in [0.29, 0.717) is 18.3 Å². The SMILES string of the molecule is Cc1nc(C2CCCN2C(=O)C2=COCCC2)no1. The van der Waals surface area contributed by atoms with E-state index in [0.717, 1.165) is 37.8 Å². The van der Waals surface area contributed by atoms with Gasteiger partial charge in [-0.25, -0.2) is 0 Å². The summed E-state index contributed by atoms with van der Waals surface area (Å²) in [6, 6.07) is -0.0622. The van der Waals surface area contributed by atoms with Crippen molar-refractivity contribution in [1.82, 2.24) is 15.0 Å². The molecule has 3 heterocycles. The second-order valence-corrected chi connectivity index (χ2v) is 4.95. The van der Waals surface area contributed by atoms with Crippen LogP contribution in [0.25, 0.3) is 0 Å². The summed E-state index contributed by atoms with van der Waals surface area (Å²) in [7, 11) is 0. The number of ether oxygens (including phenoxy) is 1. The topological polar surface area (TPSA) is 68.5 Å². The number of hydrogen-bond acceptors (Lipinski definition) is 5. The lowest BCUT2D eigenvalue weighted by Gasteiger charge is -2.24. The highest BCUT2D eigenvalue weighted by Crippen LogP contribution is 2.32. The number of carbonyl (C=O) groups is 1. The highest BCUT2D eigenvalue weighted by Gasteiger charge is 2.34. The normalized spacial score (nSPS) is 23.1. The van der Waals surface area contributed by atoms with Gasteiger partial charge in [0.1, 0.15) is 0 Å². The molecule has 3 rings (SSSR count). The summed E-state index contributed by atoms with van der Waals surface area (Å²) >= 11 is 0. The molecular formula is C13H17N3O3. The summed E-state index contributed by atoms with van der Waals surface area (Å²) in [4.78, 5) is 18.6. The lowest BCUT2D eigenvalue weighted by molar-refractivity contribution is -0.128. The van der Waals surface area contributed by atoms with Crippen LogP contribution in [0.2, 0.25) is 0 Å². The number of likely N-dealkylation sites (tertiary alicyclic amines) is 1. The Balaban J connectivity index is 1.79. The van der Waals surface area contributed by atoms with E-state index in [2.05, 4.69) is 10.1 Å². The van der Waals surface area contributed by atoms with Gasteiger partial charge in [-0.15, -0.1) is 0 Å². The summed E-state index contributed by atoms with van der Waals surface area (Å²) in [6.45, 7) is 3.20. The second kappa shape index (κ2) is 5.03. The summed E-state index contributed by atoms with van der Waals surface area (Å²) in [5.41, 5.74) is 0.748. The number of amides is 1. The second-order valence-electron chi connectivity index (χ2n) is 4.95. The zero-order chi connectivity index (χ0) is 13.2. The van der Waals surface area contributed by atoms with Crippen LogP contribution in [-0.4, -0.2) is 34.1 Å². The summed E-state index contributed by atoms with van der Waals surface area (Å²) in [6.07, 6.45) is 5.14. The highest BCUT2D eigenvalue weighted by atomic mass is 16.5. The van der Waals surface area contributed by atoms with Gasteiger partial charge in [0, 0.05) is 13.5 Å². The molecule has 0 bridgehead atoms. The highest BCUT2D eigenvalue weighted by molar-refractivity contribution is 5.93. The van der Waals surface area contributed by atoms with Crippen LogP contribution in [0.5, 0.6) is 0 Å². The Labute approximate surface area is 111 Å². The fourth-order valence-electron chi connectivity index (χ4n) is 2.63. The number of nitrogens with zero attached hydrogens (tertiary/aromatic N) is 3. The molecule has 1 fully saturated rings. The molecule has 0 aliphatic carbocycles. The van der Waals surface area contributed by atoms with E-state index in [1.807, 2.05) is 4.90 Å². The molecule has 6 nitrogen and oxygen atoms in total. The van der Waals surface area contributed by atoms with Gasteiger partial charge in [0.2, 0.25) is 5.89 Å². The average Bonchev–Trinajstić information content (AvgIpc) is 3.07. The van der Waals surface area contributed by atoms with Crippen LogP contribution in [0.4, 0.5) is 0 Å². The van der Waals surface area contributed by atoms with E-state index in [9.17, 15) is 4.79 Å². The van der Waals surface area contributed by atoms with E-state index in [1.54, 1.807) is 13.2 Å². The maximum absolute atomic E-state index is 12.5. The Morgan fingerprint density at radius 2 is 2.37 bits per heavy atom. The summed E-state index contributed by atoms with van der Waals surface area (Å²) < 4.78 is 10.3. The average molecular weight is 263 g/mol. The van der Waals surface area contributed by atoms with Gasteiger partial charge in [-0.05, 0) is 25.7 Å². The Morgan fingerprint density at radius 3 is 3.05 bits per heavy atom. The maximum Gasteiger partial charge on any atom is 0.253 e. The minimum atomic E-state index is -0.0622. The number of aryl methyl sites for hydroxylation is 1. The number of aromatic nitrogens is 2. The predicted octanol–water partition coefficient (Wildman–Crippen LogP) is 1.74. The van der Waals surface area contributed by atoms with E-state index < -0.39 is 0 Å². The smallest absolute Gasteiger partial charge is 0.253 e. The number of rotatable bonds is 2. The van der Waals surface area contributed by atoms with E-state index in [1.165, 1.54) is 0 Å². The van der Waals surface area contributed by atoms with E-state index >= 15 is 0 Å². The van der Waals surface area contributed by atoms with Crippen molar-refractivity contribution in [3.05, 3.63) is 23.6 Å². The molecule has 0 N–H and O–H groups in total. The van der Waals surface area contributed by atoms with Crippen molar-refractivity contribution >= 4 is 5.91 Å². The molecule has 1 atom stereocenters. The lowest BCUT2D eigenvalue weighted by atomic mass is 10.1. The molecule has 1 amide bonds. The van der Waals surface area contributed by atoms with Crippen molar-refractivity contribution in [2.45, 2.75) is 38.6 Å². The van der Waals surface area contributed by atoms with Gasteiger partial charge >= 0.3 is 0 Å². The molecule has 2 aliphatic heterocycles. The zero-order valence-corrected chi connectivity index (χ0v) is 11.0. The third-order valence-electron chi connectivity index (χ3n) is 3.56. The molecule has 0 saturated carbocycles. The molecule has 1 aromatic rings. The molecule has 1 unspecified atom stereocenters. The van der Waals surface area contributed by atoms with Crippen LogP contribution in [0.1, 0.15) is 43.4 Å². The van der Waals surface area contributed by atoms with Crippen LogP contribution in [0.15, 0.2) is 16.4 Å². The van der Waals surface area contributed by atoms with Crippen LogP contribution in [-0.2, 0) is 9.53 Å². The van der Waals surface area contributed by atoms with Crippen molar-refractivity contribution in [2.24, 2.45) is 0 Å². The van der Waals surface area contributed by atoms with Gasteiger partial charge in [0.15, 0.2) is 5.82 Å². The van der Waals surface area contributed by atoms with Crippen molar-refractivity contribution < 1.29 is 14.1 Å². The molecule has 19 heavy (non-hydrogen) atoms. The van der Waals surface area contributed by atoms with Gasteiger partial charge in [-0.2, -0.15) is 4.98 Å². The molecule has 2 aliphatic rings. The van der Waals surface area contributed by atoms with Crippen LogP contribution < -0.4 is 0 Å². The van der Waals surface area contributed by atoms with Gasteiger partial charge in [-0.3, -0.25) is 4.79 Å². The number of carbonyl (C=O) groups excluding carboxylic acids is 1. The Hall–Kier alpha value is -1.85. The van der Waals surface area contributed by atoms with Gasteiger partial charge in [0.05, 0.1) is 24.5 Å². The van der Waals surface area contributed by atoms with Crippen molar-refractivity contribution in [3.63, 3.8) is 0 Å². The number of hydrogen-bond donors (Lipinski definition) is 0. The molecule has 0 radical (unpaired) electrons.